The van der Waals surface area contributed by atoms with Gasteiger partial charge in [0.15, 0.2) is 0 Å². The summed E-state index contributed by atoms with van der Waals surface area (Å²) in [5.74, 6) is 0.704. The molecule has 0 saturated carbocycles. The van der Waals surface area contributed by atoms with Crippen LogP contribution in [0.3, 0.4) is 0 Å². The Bertz CT molecular complexity index is 448. The Kier molecular flexibility index (Phi) is 4.79. The van der Waals surface area contributed by atoms with Gasteiger partial charge in [-0.2, -0.15) is 0 Å². The predicted octanol–water partition coefficient (Wildman–Crippen LogP) is 2.97. The zero-order valence-corrected chi connectivity index (χ0v) is 10.8. The summed E-state index contributed by atoms with van der Waals surface area (Å²) >= 11 is 7.54. The molecule has 0 spiro atoms. The fraction of sp³-hybridized carbons (Fsp3) is 0.250. The van der Waals surface area contributed by atoms with Gasteiger partial charge >= 0.3 is 0 Å². The van der Waals surface area contributed by atoms with Gasteiger partial charge in [0.1, 0.15) is 12.4 Å². The average Bonchev–Trinajstić information content (AvgIpc) is 2.82. The molecule has 0 unspecified atom stereocenters. The van der Waals surface area contributed by atoms with E-state index in [1.54, 1.807) is 29.8 Å². The summed E-state index contributed by atoms with van der Waals surface area (Å²) in [6.07, 6.45) is 3.24. The van der Waals surface area contributed by atoms with Crippen LogP contribution in [0.5, 0.6) is 5.75 Å². The van der Waals surface area contributed by atoms with E-state index in [2.05, 4.69) is 27.8 Å². The fourth-order valence-electron chi connectivity index (χ4n) is 1.34. The third-order valence-electron chi connectivity index (χ3n) is 2.11. The molecule has 3 nitrogen and oxygen atoms in total. The Morgan fingerprint density at radius 2 is 2.35 bits per heavy atom. The Balaban J connectivity index is 1.63. The van der Waals surface area contributed by atoms with Crippen LogP contribution in [0, 0.1) is 0 Å². The smallest absolute Gasteiger partial charge is 0.139 e. The zero-order chi connectivity index (χ0) is 11.9. The molecule has 0 aliphatic heterocycles. The molecule has 0 radical (unpaired) electrons. The lowest BCUT2D eigenvalue weighted by Crippen LogP contribution is -2.20. The van der Waals surface area contributed by atoms with Crippen LogP contribution < -0.4 is 10.1 Å². The molecule has 1 N–H and O–H groups in total. The van der Waals surface area contributed by atoms with Crippen LogP contribution in [0.25, 0.3) is 0 Å². The number of nitrogens with one attached hydrogen (secondary N) is 1. The standard InChI is InChI=1S/C12H13ClN2OS/c13-10-6-11(8-15-7-10)16-4-3-14-9-12-2-1-5-17-12/h1-2,5-8,14H,3-4,9H2. The predicted molar refractivity (Wildman–Crippen MR) is 70.8 cm³/mol. The summed E-state index contributed by atoms with van der Waals surface area (Å²) in [4.78, 5) is 5.28. The maximum absolute atomic E-state index is 5.80. The first kappa shape index (κ1) is 12.4. The van der Waals surface area contributed by atoms with Crippen LogP contribution in [0.4, 0.5) is 0 Å². The van der Waals surface area contributed by atoms with Gasteiger partial charge < -0.3 is 10.1 Å². The van der Waals surface area contributed by atoms with E-state index >= 15 is 0 Å². The maximum atomic E-state index is 5.80. The fourth-order valence-corrected chi connectivity index (χ4v) is 2.18. The van der Waals surface area contributed by atoms with Crippen molar-refractivity contribution in [2.45, 2.75) is 6.54 Å². The quantitative estimate of drug-likeness (QED) is 0.818. The van der Waals surface area contributed by atoms with Gasteiger partial charge in [0.2, 0.25) is 0 Å². The highest BCUT2D eigenvalue weighted by molar-refractivity contribution is 7.09. The summed E-state index contributed by atoms with van der Waals surface area (Å²) in [7, 11) is 0. The van der Waals surface area contributed by atoms with E-state index in [0.717, 1.165) is 13.1 Å². The van der Waals surface area contributed by atoms with Crippen molar-refractivity contribution in [3.8, 4) is 5.75 Å². The minimum atomic E-state index is 0.592. The average molecular weight is 269 g/mol. The Labute approximate surface area is 109 Å². The molecule has 0 aliphatic rings. The van der Waals surface area contributed by atoms with Crippen LogP contribution in [-0.4, -0.2) is 18.1 Å². The van der Waals surface area contributed by atoms with E-state index in [9.17, 15) is 0 Å². The van der Waals surface area contributed by atoms with Gasteiger partial charge in [-0.15, -0.1) is 11.3 Å². The van der Waals surface area contributed by atoms with Crippen molar-refractivity contribution in [3.05, 3.63) is 45.9 Å². The van der Waals surface area contributed by atoms with Crippen LogP contribution in [0.15, 0.2) is 36.0 Å². The lowest BCUT2D eigenvalue weighted by molar-refractivity contribution is 0.312. The van der Waals surface area contributed by atoms with Crippen molar-refractivity contribution in [2.24, 2.45) is 0 Å². The first-order chi connectivity index (χ1) is 8.34. The van der Waals surface area contributed by atoms with Gasteiger partial charge in [-0.1, -0.05) is 17.7 Å². The largest absolute Gasteiger partial charge is 0.491 e. The van der Waals surface area contributed by atoms with Crippen molar-refractivity contribution in [2.75, 3.05) is 13.2 Å². The summed E-state index contributed by atoms with van der Waals surface area (Å²) in [6.45, 7) is 2.28. The highest BCUT2D eigenvalue weighted by Crippen LogP contribution is 2.14. The summed E-state index contributed by atoms with van der Waals surface area (Å²) < 4.78 is 5.50. The monoisotopic (exact) mass is 268 g/mol. The molecule has 2 aromatic heterocycles. The number of nitrogens with zero attached hydrogens (tertiary/aromatic N) is 1. The second-order valence-electron chi connectivity index (χ2n) is 3.44. The van der Waals surface area contributed by atoms with E-state index in [4.69, 9.17) is 16.3 Å². The molecule has 0 fully saturated rings. The van der Waals surface area contributed by atoms with Crippen LogP contribution >= 0.6 is 22.9 Å². The number of hydrogen-bond acceptors (Lipinski definition) is 4. The van der Waals surface area contributed by atoms with Gasteiger partial charge in [0.05, 0.1) is 11.2 Å². The normalized spacial score (nSPS) is 10.4. The Morgan fingerprint density at radius 1 is 1.41 bits per heavy atom. The number of rotatable bonds is 6. The lowest BCUT2D eigenvalue weighted by Gasteiger charge is -2.06. The molecule has 0 saturated heterocycles. The van der Waals surface area contributed by atoms with Crippen LogP contribution in [0.1, 0.15) is 4.88 Å². The minimum absolute atomic E-state index is 0.592. The molecule has 0 atom stereocenters. The maximum Gasteiger partial charge on any atom is 0.139 e. The highest BCUT2D eigenvalue weighted by atomic mass is 35.5. The van der Waals surface area contributed by atoms with Gasteiger partial charge in [-0.05, 0) is 11.4 Å². The molecule has 2 aromatic rings. The van der Waals surface area contributed by atoms with Crippen molar-refractivity contribution in [3.63, 3.8) is 0 Å². The first-order valence-electron chi connectivity index (χ1n) is 5.31. The van der Waals surface area contributed by atoms with Gasteiger partial charge in [-0.3, -0.25) is 4.98 Å². The Hall–Kier alpha value is -1.10. The summed E-state index contributed by atoms with van der Waals surface area (Å²) in [5, 5.41) is 5.97. The molecule has 0 aliphatic carbocycles. The van der Waals surface area contributed by atoms with E-state index < -0.39 is 0 Å². The molecular formula is C12H13ClN2OS. The number of halogens is 1. The van der Waals surface area contributed by atoms with Crippen molar-refractivity contribution in [1.82, 2.24) is 10.3 Å². The van der Waals surface area contributed by atoms with E-state index in [-0.39, 0.29) is 0 Å². The van der Waals surface area contributed by atoms with E-state index in [1.165, 1.54) is 4.88 Å². The lowest BCUT2D eigenvalue weighted by atomic mass is 10.4. The molecule has 17 heavy (non-hydrogen) atoms. The number of hydrogen-bond donors (Lipinski definition) is 1. The molecule has 5 heteroatoms. The molecule has 0 bridgehead atoms. The molecule has 0 aromatic carbocycles. The highest BCUT2D eigenvalue weighted by Gasteiger charge is 1.96. The minimum Gasteiger partial charge on any atom is -0.491 e. The second-order valence-corrected chi connectivity index (χ2v) is 4.91. The van der Waals surface area contributed by atoms with E-state index in [0.29, 0.717) is 17.4 Å². The molecule has 2 rings (SSSR count). The zero-order valence-electron chi connectivity index (χ0n) is 9.23. The third-order valence-corrected chi connectivity index (χ3v) is 3.19. The van der Waals surface area contributed by atoms with E-state index in [1.807, 2.05) is 0 Å². The van der Waals surface area contributed by atoms with Crippen molar-refractivity contribution in [1.29, 1.82) is 0 Å². The SMILES string of the molecule is Clc1cncc(OCCNCc2cccs2)c1. The summed E-state index contributed by atoms with van der Waals surface area (Å²) in [6, 6.07) is 5.92. The first-order valence-corrected chi connectivity index (χ1v) is 6.57. The second kappa shape index (κ2) is 6.59. The van der Waals surface area contributed by atoms with Crippen molar-refractivity contribution >= 4 is 22.9 Å². The Morgan fingerprint density at radius 3 is 3.12 bits per heavy atom. The van der Waals surface area contributed by atoms with Gasteiger partial charge in [0, 0.05) is 30.2 Å². The number of ether oxygens (including phenoxy) is 1. The number of thiophene rings is 1. The number of aromatic nitrogens is 1. The van der Waals surface area contributed by atoms with Crippen molar-refractivity contribution < 1.29 is 4.74 Å². The number of pyridine rings is 1. The van der Waals surface area contributed by atoms with Crippen LogP contribution in [0.2, 0.25) is 5.02 Å². The van der Waals surface area contributed by atoms with Gasteiger partial charge in [0.25, 0.3) is 0 Å². The summed E-state index contributed by atoms with van der Waals surface area (Å²) in [5.41, 5.74) is 0. The topological polar surface area (TPSA) is 34.1 Å². The molecular weight excluding hydrogens is 256 g/mol. The molecule has 0 amide bonds. The third kappa shape index (κ3) is 4.34. The van der Waals surface area contributed by atoms with Gasteiger partial charge in [-0.25, -0.2) is 0 Å². The molecule has 90 valence electrons. The molecule has 2 heterocycles. The van der Waals surface area contributed by atoms with Crippen LogP contribution in [-0.2, 0) is 6.54 Å².